The van der Waals surface area contributed by atoms with Gasteiger partial charge in [0.2, 0.25) is 0 Å². The molecule has 0 aliphatic heterocycles. The van der Waals surface area contributed by atoms with Crippen LogP contribution in [0.15, 0.2) is 0 Å². The number of aliphatic hydroxyl groups excluding tert-OH is 1. The molecule has 20 heavy (non-hydrogen) atoms. The van der Waals surface area contributed by atoms with E-state index in [1.54, 1.807) is 4.90 Å². The molecule has 0 bridgehead atoms. The number of carbonyl (C=O) groups is 2. The fourth-order valence-electron chi connectivity index (χ4n) is 2.06. The summed E-state index contributed by atoms with van der Waals surface area (Å²) in [6.45, 7) is 9.01. The summed E-state index contributed by atoms with van der Waals surface area (Å²) in [5.74, 6) is -0.899. The van der Waals surface area contributed by atoms with E-state index in [1.807, 2.05) is 13.8 Å². The molecule has 2 amide bonds. The predicted molar refractivity (Wildman–Crippen MR) is 77.6 cm³/mol. The summed E-state index contributed by atoms with van der Waals surface area (Å²) < 4.78 is 0. The zero-order valence-corrected chi connectivity index (χ0v) is 12.9. The van der Waals surface area contributed by atoms with Gasteiger partial charge in [0.1, 0.15) is 0 Å². The van der Waals surface area contributed by atoms with Crippen molar-refractivity contribution in [1.82, 2.24) is 10.2 Å². The molecule has 0 aliphatic carbocycles. The molecule has 1 atom stereocenters. The summed E-state index contributed by atoms with van der Waals surface area (Å²) in [7, 11) is 0. The van der Waals surface area contributed by atoms with Gasteiger partial charge in [0.25, 0.3) is 0 Å². The molecule has 0 heterocycles. The van der Waals surface area contributed by atoms with Gasteiger partial charge in [-0.1, -0.05) is 27.7 Å². The molecule has 0 spiro atoms. The quantitative estimate of drug-likeness (QED) is 0.602. The van der Waals surface area contributed by atoms with Crippen LogP contribution in [0.3, 0.4) is 0 Å². The molecule has 0 saturated heterocycles. The van der Waals surface area contributed by atoms with E-state index < -0.39 is 12.1 Å². The van der Waals surface area contributed by atoms with Crippen LogP contribution in [0.1, 0.15) is 47.0 Å². The average molecular weight is 288 g/mol. The Morgan fingerprint density at radius 3 is 2.15 bits per heavy atom. The first-order valence-electron chi connectivity index (χ1n) is 7.28. The second kappa shape index (κ2) is 9.58. The van der Waals surface area contributed by atoms with Gasteiger partial charge < -0.3 is 20.4 Å². The SMILES string of the molecule is CCC(CC)N(CC(C)C)C(=O)NCC[C@H](O)C(=O)O. The van der Waals surface area contributed by atoms with E-state index in [1.165, 1.54) is 0 Å². The fourth-order valence-corrected chi connectivity index (χ4v) is 2.06. The Kier molecular flexibility index (Phi) is 8.96. The minimum atomic E-state index is -1.43. The van der Waals surface area contributed by atoms with Crippen LogP contribution in [0.2, 0.25) is 0 Å². The molecule has 118 valence electrons. The molecule has 0 fully saturated rings. The molecule has 0 radical (unpaired) electrons. The van der Waals surface area contributed by atoms with E-state index in [-0.39, 0.29) is 25.0 Å². The largest absolute Gasteiger partial charge is 0.479 e. The zero-order valence-electron chi connectivity index (χ0n) is 12.9. The standard InChI is InChI=1S/C14H28N2O4/c1-5-11(6-2)16(9-10(3)4)14(20)15-8-7-12(17)13(18)19/h10-12,17H,5-9H2,1-4H3,(H,15,20)(H,18,19)/t12-/m0/s1. The maximum absolute atomic E-state index is 12.2. The Morgan fingerprint density at radius 1 is 1.20 bits per heavy atom. The molecule has 0 rings (SSSR count). The van der Waals surface area contributed by atoms with Gasteiger partial charge in [0.05, 0.1) is 0 Å². The minimum absolute atomic E-state index is 0.0134. The van der Waals surface area contributed by atoms with Crippen molar-refractivity contribution in [1.29, 1.82) is 0 Å². The average Bonchev–Trinajstić information content (AvgIpc) is 2.37. The van der Waals surface area contributed by atoms with Crippen LogP contribution >= 0.6 is 0 Å². The Hall–Kier alpha value is -1.30. The van der Waals surface area contributed by atoms with Crippen LogP contribution in [-0.2, 0) is 4.79 Å². The number of rotatable bonds is 9. The van der Waals surface area contributed by atoms with Gasteiger partial charge in [-0.05, 0) is 18.8 Å². The van der Waals surface area contributed by atoms with E-state index in [0.717, 1.165) is 12.8 Å². The second-order valence-electron chi connectivity index (χ2n) is 5.39. The van der Waals surface area contributed by atoms with E-state index in [4.69, 9.17) is 10.2 Å². The summed E-state index contributed by atoms with van der Waals surface area (Å²) in [5.41, 5.74) is 0. The molecule has 0 saturated carbocycles. The highest BCUT2D eigenvalue weighted by Crippen LogP contribution is 2.11. The number of nitrogens with zero attached hydrogens (tertiary/aromatic N) is 1. The summed E-state index contributed by atoms with van der Waals surface area (Å²) in [6.07, 6.45) is 0.351. The zero-order chi connectivity index (χ0) is 15.7. The predicted octanol–water partition coefficient (Wildman–Crippen LogP) is 1.68. The number of carboxylic acid groups (broad SMARTS) is 1. The maximum atomic E-state index is 12.2. The monoisotopic (exact) mass is 288 g/mol. The molecule has 0 unspecified atom stereocenters. The van der Waals surface area contributed by atoms with Gasteiger partial charge in [-0.3, -0.25) is 0 Å². The summed E-state index contributed by atoms with van der Waals surface area (Å²) in [5, 5.41) is 20.4. The lowest BCUT2D eigenvalue weighted by atomic mass is 10.1. The van der Waals surface area contributed by atoms with Crippen molar-refractivity contribution in [2.75, 3.05) is 13.1 Å². The second-order valence-corrected chi connectivity index (χ2v) is 5.39. The Balaban J connectivity index is 4.44. The van der Waals surface area contributed by atoms with Gasteiger partial charge in [0, 0.05) is 25.6 Å². The summed E-state index contributed by atoms with van der Waals surface area (Å²) >= 11 is 0. The summed E-state index contributed by atoms with van der Waals surface area (Å²) in [6, 6.07) is -0.00761. The van der Waals surface area contributed by atoms with E-state index >= 15 is 0 Å². The van der Waals surface area contributed by atoms with Crippen LogP contribution < -0.4 is 5.32 Å². The lowest BCUT2D eigenvalue weighted by Gasteiger charge is -2.32. The third kappa shape index (κ3) is 6.75. The van der Waals surface area contributed by atoms with Crippen molar-refractivity contribution < 1.29 is 19.8 Å². The van der Waals surface area contributed by atoms with Gasteiger partial charge >= 0.3 is 12.0 Å². The first-order chi connectivity index (χ1) is 9.33. The fraction of sp³-hybridized carbons (Fsp3) is 0.857. The van der Waals surface area contributed by atoms with Gasteiger partial charge in [-0.15, -0.1) is 0 Å². The van der Waals surface area contributed by atoms with E-state index in [9.17, 15) is 9.59 Å². The first-order valence-corrected chi connectivity index (χ1v) is 7.28. The Bertz CT molecular complexity index is 304. The smallest absolute Gasteiger partial charge is 0.332 e. The maximum Gasteiger partial charge on any atom is 0.332 e. The van der Waals surface area contributed by atoms with E-state index in [0.29, 0.717) is 12.5 Å². The van der Waals surface area contributed by atoms with Gasteiger partial charge in [-0.25, -0.2) is 9.59 Å². The third-order valence-electron chi connectivity index (χ3n) is 3.19. The number of amides is 2. The number of urea groups is 1. The van der Waals surface area contributed by atoms with Crippen molar-refractivity contribution >= 4 is 12.0 Å². The number of aliphatic hydroxyl groups is 1. The molecule has 3 N–H and O–H groups in total. The number of hydrogen-bond donors (Lipinski definition) is 3. The van der Waals surface area contributed by atoms with Gasteiger partial charge in [-0.2, -0.15) is 0 Å². The van der Waals surface area contributed by atoms with Crippen molar-refractivity contribution in [3.63, 3.8) is 0 Å². The topological polar surface area (TPSA) is 89.9 Å². The third-order valence-corrected chi connectivity index (χ3v) is 3.19. The molecule has 6 heteroatoms. The number of aliphatic carboxylic acids is 1. The molecule has 0 aromatic rings. The van der Waals surface area contributed by atoms with Crippen LogP contribution in [-0.4, -0.2) is 52.3 Å². The highest BCUT2D eigenvalue weighted by Gasteiger charge is 2.22. The lowest BCUT2D eigenvalue weighted by molar-refractivity contribution is -0.146. The molecule has 0 aromatic carbocycles. The molecule has 0 aromatic heterocycles. The van der Waals surface area contributed by atoms with Crippen LogP contribution in [0.5, 0.6) is 0 Å². The van der Waals surface area contributed by atoms with Crippen LogP contribution in [0.4, 0.5) is 4.79 Å². The minimum Gasteiger partial charge on any atom is -0.479 e. The number of carboxylic acids is 1. The Labute approximate surface area is 121 Å². The highest BCUT2D eigenvalue weighted by molar-refractivity contribution is 5.75. The molecular formula is C14H28N2O4. The van der Waals surface area contributed by atoms with Crippen molar-refractivity contribution in [3.05, 3.63) is 0 Å². The first kappa shape index (κ1) is 18.7. The number of hydrogen-bond acceptors (Lipinski definition) is 3. The summed E-state index contributed by atoms with van der Waals surface area (Å²) in [4.78, 5) is 24.5. The van der Waals surface area contributed by atoms with Crippen LogP contribution in [0, 0.1) is 5.92 Å². The van der Waals surface area contributed by atoms with Crippen molar-refractivity contribution in [2.24, 2.45) is 5.92 Å². The molecular weight excluding hydrogens is 260 g/mol. The van der Waals surface area contributed by atoms with Crippen LogP contribution in [0.25, 0.3) is 0 Å². The van der Waals surface area contributed by atoms with E-state index in [2.05, 4.69) is 19.2 Å². The normalized spacial score (nSPS) is 12.6. The molecule has 0 aliphatic rings. The van der Waals surface area contributed by atoms with Crippen molar-refractivity contribution in [2.45, 2.75) is 59.1 Å². The van der Waals surface area contributed by atoms with Crippen molar-refractivity contribution in [3.8, 4) is 0 Å². The number of carbonyl (C=O) groups excluding carboxylic acids is 1. The molecule has 6 nitrogen and oxygen atoms in total. The Morgan fingerprint density at radius 2 is 1.75 bits per heavy atom. The lowest BCUT2D eigenvalue weighted by Crippen LogP contribution is -2.48. The highest BCUT2D eigenvalue weighted by atomic mass is 16.4. The number of nitrogens with one attached hydrogen (secondary N) is 1. The van der Waals surface area contributed by atoms with Gasteiger partial charge in [0.15, 0.2) is 6.10 Å².